The molecule has 2 aromatic rings. The van der Waals surface area contributed by atoms with Crippen molar-refractivity contribution >= 4 is 18.3 Å². The number of amides is 1. The number of nitrogens with two attached hydrogens (primary N) is 1. The van der Waals surface area contributed by atoms with Crippen LogP contribution in [0.15, 0.2) is 42.7 Å². The number of aromatic nitrogens is 2. The van der Waals surface area contributed by atoms with Crippen molar-refractivity contribution in [3.05, 3.63) is 53.9 Å². The number of nitrogens with zero attached hydrogens (tertiary/aromatic N) is 2. The molecule has 0 saturated carbocycles. The van der Waals surface area contributed by atoms with Gasteiger partial charge in [0, 0.05) is 12.7 Å². The van der Waals surface area contributed by atoms with Crippen molar-refractivity contribution < 1.29 is 4.79 Å². The number of rotatable bonds is 6. The first-order chi connectivity index (χ1) is 9.29. The molecule has 0 saturated heterocycles. The molecule has 5 nitrogen and oxygen atoms in total. The van der Waals surface area contributed by atoms with E-state index in [1.54, 1.807) is 17.1 Å². The first-order valence-electron chi connectivity index (χ1n) is 6.34. The topological polar surface area (TPSA) is 72.9 Å². The van der Waals surface area contributed by atoms with Crippen molar-refractivity contribution in [1.82, 2.24) is 15.1 Å². The maximum absolute atomic E-state index is 11.8. The van der Waals surface area contributed by atoms with E-state index in [-0.39, 0.29) is 18.3 Å². The summed E-state index contributed by atoms with van der Waals surface area (Å²) in [5, 5.41) is 7.00. The standard InChI is InChI=1S/C14H18N4O.ClH/c15-7-4-8-16-14(19)13-9-17-18(11-13)10-12-5-2-1-3-6-12;/h1-3,5-6,9,11H,4,7-8,10,15H2,(H,16,19);1H. The lowest BCUT2D eigenvalue weighted by Crippen LogP contribution is -2.25. The molecule has 0 unspecified atom stereocenters. The zero-order valence-corrected chi connectivity index (χ0v) is 12.0. The second kappa shape index (κ2) is 8.35. The van der Waals surface area contributed by atoms with Gasteiger partial charge in [-0.25, -0.2) is 0 Å². The molecule has 1 aromatic heterocycles. The number of hydrogen-bond acceptors (Lipinski definition) is 3. The lowest BCUT2D eigenvalue weighted by Gasteiger charge is -2.02. The van der Waals surface area contributed by atoms with E-state index in [1.165, 1.54) is 0 Å². The van der Waals surface area contributed by atoms with Crippen LogP contribution in [-0.4, -0.2) is 28.8 Å². The lowest BCUT2D eigenvalue weighted by molar-refractivity contribution is 0.0953. The summed E-state index contributed by atoms with van der Waals surface area (Å²) in [6, 6.07) is 10.0. The molecule has 0 atom stereocenters. The highest BCUT2D eigenvalue weighted by molar-refractivity contribution is 5.93. The zero-order valence-electron chi connectivity index (χ0n) is 11.2. The molecule has 1 amide bonds. The van der Waals surface area contributed by atoms with E-state index < -0.39 is 0 Å². The van der Waals surface area contributed by atoms with E-state index in [2.05, 4.69) is 10.4 Å². The van der Waals surface area contributed by atoms with Crippen LogP contribution in [0.5, 0.6) is 0 Å². The maximum atomic E-state index is 11.8. The van der Waals surface area contributed by atoms with Crippen LogP contribution in [0, 0.1) is 0 Å². The Balaban J connectivity index is 0.00000200. The molecule has 1 heterocycles. The molecule has 3 N–H and O–H groups in total. The van der Waals surface area contributed by atoms with Crippen molar-refractivity contribution in [2.75, 3.05) is 13.1 Å². The third kappa shape index (κ3) is 4.68. The first kappa shape index (κ1) is 16.2. The van der Waals surface area contributed by atoms with E-state index in [1.807, 2.05) is 30.3 Å². The molecule has 20 heavy (non-hydrogen) atoms. The van der Waals surface area contributed by atoms with Crippen molar-refractivity contribution in [2.24, 2.45) is 5.73 Å². The minimum Gasteiger partial charge on any atom is -0.352 e. The van der Waals surface area contributed by atoms with Gasteiger partial charge in [-0.3, -0.25) is 9.48 Å². The van der Waals surface area contributed by atoms with Crippen molar-refractivity contribution in [1.29, 1.82) is 0 Å². The Kier molecular flexibility index (Phi) is 6.76. The summed E-state index contributed by atoms with van der Waals surface area (Å²) in [5.74, 6) is -0.104. The van der Waals surface area contributed by atoms with Crippen molar-refractivity contribution in [3.63, 3.8) is 0 Å². The maximum Gasteiger partial charge on any atom is 0.254 e. The molecule has 1 aromatic carbocycles. The fourth-order valence-corrected chi connectivity index (χ4v) is 1.74. The van der Waals surface area contributed by atoms with Gasteiger partial charge in [-0.1, -0.05) is 30.3 Å². The van der Waals surface area contributed by atoms with Gasteiger partial charge in [-0.05, 0) is 18.5 Å². The molecule has 0 aliphatic carbocycles. The highest BCUT2D eigenvalue weighted by Gasteiger charge is 2.07. The molecule has 0 aliphatic rings. The van der Waals surface area contributed by atoms with E-state index >= 15 is 0 Å². The van der Waals surface area contributed by atoms with Crippen LogP contribution in [0.25, 0.3) is 0 Å². The number of nitrogens with one attached hydrogen (secondary N) is 1. The predicted molar refractivity (Wildman–Crippen MR) is 81.0 cm³/mol. The van der Waals surface area contributed by atoms with Gasteiger partial charge < -0.3 is 11.1 Å². The number of benzene rings is 1. The quantitative estimate of drug-likeness (QED) is 0.792. The second-order valence-corrected chi connectivity index (χ2v) is 4.31. The Morgan fingerprint density at radius 1 is 1.30 bits per heavy atom. The Morgan fingerprint density at radius 3 is 2.75 bits per heavy atom. The molecular formula is C14H19ClN4O. The highest BCUT2D eigenvalue weighted by atomic mass is 35.5. The number of halogens is 1. The summed E-state index contributed by atoms with van der Waals surface area (Å²) >= 11 is 0. The molecule has 2 rings (SSSR count). The van der Waals surface area contributed by atoms with Gasteiger partial charge in [0.25, 0.3) is 5.91 Å². The summed E-state index contributed by atoms with van der Waals surface area (Å²) in [7, 11) is 0. The summed E-state index contributed by atoms with van der Waals surface area (Å²) in [6.45, 7) is 1.84. The summed E-state index contributed by atoms with van der Waals surface area (Å²) < 4.78 is 1.76. The second-order valence-electron chi connectivity index (χ2n) is 4.31. The number of carbonyl (C=O) groups is 1. The van der Waals surface area contributed by atoms with Crippen LogP contribution in [0.1, 0.15) is 22.3 Å². The molecule has 0 radical (unpaired) electrons. The molecule has 0 spiro atoms. The number of hydrogen-bond donors (Lipinski definition) is 2. The van der Waals surface area contributed by atoms with Crippen molar-refractivity contribution in [3.8, 4) is 0 Å². The molecule has 6 heteroatoms. The Bertz CT molecular complexity index is 527. The number of carbonyl (C=O) groups excluding carboxylic acids is 1. The molecule has 0 bridgehead atoms. The average Bonchev–Trinajstić information content (AvgIpc) is 2.89. The van der Waals surface area contributed by atoms with Crippen LogP contribution < -0.4 is 11.1 Å². The normalized spacial score (nSPS) is 9.85. The Hall–Kier alpha value is -1.85. The van der Waals surface area contributed by atoms with E-state index in [9.17, 15) is 4.79 Å². The van der Waals surface area contributed by atoms with Crippen molar-refractivity contribution in [2.45, 2.75) is 13.0 Å². The van der Waals surface area contributed by atoms with E-state index in [0.29, 0.717) is 25.2 Å². The van der Waals surface area contributed by atoms with Crippen LogP contribution in [0.4, 0.5) is 0 Å². The van der Waals surface area contributed by atoms with Gasteiger partial charge >= 0.3 is 0 Å². The minimum absolute atomic E-state index is 0. The third-order valence-corrected chi connectivity index (χ3v) is 2.75. The first-order valence-corrected chi connectivity index (χ1v) is 6.34. The minimum atomic E-state index is -0.104. The fraction of sp³-hybridized carbons (Fsp3) is 0.286. The predicted octanol–water partition coefficient (Wildman–Crippen LogP) is 1.43. The molecule has 108 valence electrons. The average molecular weight is 295 g/mol. The zero-order chi connectivity index (χ0) is 13.5. The van der Waals surface area contributed by atoms with Crippen LogP contribution in [-0.2, 0) is 6.54 Å². The van der Waals surface area contributed by atoms with Gasteiger partial charge in [-0.15, -0.1) is 12.4 Å². The SMILES string of the molecule is Cl.NCCCNC(=O)c1cnn(Cc2ccccc2)c1. The van der Waals surface area contributed by atoms with Crippen LogP contribution in [0.3, 0.4) is 0 Å². The summed E-state index contributed by atoms with van der Waals surface area (Å²) in [5.41, 5.74) is 7.11. The summed E-state index contributed by atoms with van der Waals surface area (Å²) in [4.78, 5) is 11.8. The van der Waals surface area contributed by atoms with Crippen LogP contribution >= 0.6 is 12.4 Å². The molecule has 0 fully saturated rings. The van der Waals surface area contributed by atoms with E-state index in [4.69, 9.17) is 5.73 Å². The largest absolute Gasteiger partial charge is 0.352 e. The smallest absolute Gasteiger partial charge is 0.254 e. The fourth-order valence-electron chi connectivity index (χ4n) is 1.74. The van der Waals surface area contributed by atoms with E-state index in [0.717, 1.165) is 12.0 Å². The molecule has 0 aliphatic heterocycles. The highest BCUT2D eigenvalue weighted by Crippen LogP contribution is 2.03. The third-order valence-electron chi connectivity index (χ3n) is 2.75. The molecular weight excluding hydrogens is 276 g/mol. The van der Waals surface area contributed by atoms with Gasteiger partial charge in [-0.2, -0.15) is 5.10 Å². The van der Waals surface area contributed by atoms with Gasteiger partial charge in [0.15, 0.2) is 0 Å². The Labute approximate surface area is 124 Å². The Morgan fingerprint density at radius 2 is 2.05 bits per heavy atom. The van der Waals surface area contributed by atoms with Gasteiger partial charge in [0.2, 0.25) is 0 Å². The monoisotopic (exact) mass is 294 g/mol. The van der Waals surface area contributed by atoms with Gasteiger partial charge in [0.05, 0.1) is 18.3 Å². The van der Waals surface area contributed by atoms with Crippen LogP contribution in [0.2, 0.25) is 0 Å². The lowest BCUT2D eigenvalue weighted by atomic mass is 10.2. The summed E-state index contributed by atoms with van der Waals surface area (Å²) in [6.07, 6.45) is 4.12. The van der Waals surface area contributed by atoms with Gasteiger partial charge in [0.1, 0.15) is 0 Å².